The molecule has 36 heavy (non-hydrogen) atoms. The highest BCUT2D eigenvalue weighted by atomic mass is 19.1. The Kier molecular flexibility index (Phi) is 7.00. The van der Waals surface area contributed by atoms with E-state index in [9.17, 15) is 19.1 Å². The van der Waals surface area contributed by atoms with Crippen molar-refractivity contribution in [3.8, 4) is 5.75 Å². The number of hydrogen-bond acceptors (Lipinski definition) is 5. The fraction of sp³-hybridized carbons (Fsp3) is 0.259. The van der Waals surface area contributed by atoms with Crippen LogP contribution in [0.3, 0.4) is 0 Å². The van der Waals surface area contributed by atoms with Gasteiger partial charge in [0, 0.05) is 11.2 Å². The van der Waals surface area contributed by atoms with Gasteiger partial charge >= 0.3 is 0 Å². The maximum Gasteiger partial charge on any atom is 0.249 e. The Bertz CT molecular complexity index is 1370. The largest absolute Gasteiger partial charge is 0.508 e. The van der Waals surface area contributed by atoms with Crippen LogP contribution in [0.25, 0.3) is 11.0 Å². The number of nitrogens with one attached hydrogen (secondary N) is 1. The second kappa shape index (κ2) is 10.2. The summed E-state index contributed by atoms with van der Waals surface area (Å²) in [6.07, 6.45) is 0.663. The highest BCUT2D eigenvalue weighted by Crippen LogP contribution is 2.30. The molecule has 2 N–H and O–H groups in total. The number of amides is 2. The van der Waals surface area contributed by atoms with Gasteiger partial charge in [0.1, 0.15) is 29.7 Å². The van der Waals surface area contributed by atoms with Crippen LogP contribution in [0, 0.1) is 5.82 Å². The second-order valence-corrected chi connectivity index (χ2v) is 9.20. The molecular formula is C27H28FN5O3. The van der Waals surface area contributed by atoms with Gasteiger partial charge in [-0.15, -0.1) is 5.10 Å². The van der Waals surface area contributed by atoms with Crippen molar-refractivity contribution in [3.05, 3.63) is 84.2 Å². The van der Waals surface area contributed by atoms with Gasteiger partial charge in [-0.25, -0.2) is 9.07 Å². The molecule has 186 valence electrons. The molecule has 0 unspecified atom stereocenters. The number of phenolic OH excluding ortho intramolecular Hbond substituents is 1. The van der Waals surface area contributed by atoms with E-state index < -0.39 is 29.2 Å². The first-order valence-electron chi connectivity index (χ1n) is 11.7. The molecule has 9 heteroatoms. The third kappa shape index (κ3) is 5.35. The molecule has 0 aliphatic rings. The summed E-state index contributed by atoms with van der Waals surface area (Å²) in [4.78, 5) is 28.9. The van der Waals surface area contributed by atoms with E-state index >= 15 is 0 Å². The number of aromatic hydroxyl groups is 1. The van der Waals surface area contributed by atoms with Crippen LogP contribution in [-0.4, -0.2) is 37.5 Å². The Labute approximate surface area is 208 Å². The summed E-state index contributed by atoms with van der Waals surface area (Å²) in [5.74, 6) is -1.29. The molecule has 2 amide bonds. The number of aromatic nitrogens is 3. The van der Waals surface area contributed by atoms with Crippen molar-refractivity contribution < 1.29 is 19.1 Å². The molecule has 0 saturated carbocycles. The number of hydrogen-bond donors (Lipinski definition) is 2. The fourth-order valence-electron chi connectivity index (χ4n) is 3.84. The molecule has 1 heterocycles. The standard InChI is InChI=1S/C27H28FN5O3/c1-4-27(2,3)29-26(36)25(18-9-15-21(34)16-10-18)33(20-13-11-19(28)12-14-20)24(35)17-32-23-8-6-5-7-22(23)30-31-32/h5-16,25,34H,4,17H2,1-3H3,(H,29,36)/t25-/m1/s1. The minimum atomic E-state index is -1.09. The molecule has 0 spiro atoms. The summed E-state index contributed by atoms with van der Waals surface area (Å²) in [6.45, 7) is 5.54. The quantitative estimate of drug-likeness (QED) is 0.383. The smallest absolute Gasteiger partial charge is 0.249 e. The molecule has 3 aromatic carbocycles. The average Bonchev–Trinajstić information content (AvgIpc) is 3.26. The number of fused-ring (bicyclic) bond motifs is 1. The lowest BCUT2D eigenvalue weighted by Crippen LogP contribution is -2.51. The number of benzene rings is 3. The van der Waals surface area contributed by atoms with E-state index in [1.165, 1.54) is 46.0 Å². The number of para-hydroxylation sites is 1. The Balaban J connectivity index is 1.81. The predicted octanol–water partition coefficient (Wildman–Crippen LogP) is 4.36. The molecule has 0 aliphatic carbocycles. The van der Waals surface area contributed by atoms with Crippen LogP contribution >= 0.6 is 0 Å². The van der Waals surface area contributed by atoms with E-state index in [0.717, 1.165) is 0 Å². The molecular weight excluding hydrogens is 461 g/mol. The van der Waals surface area contributed by atoms with Gasteiger partial charge in [-0.3, -0.25) is 14.5 Å². The van der Waals surface area contributed by atoms with Crippen LogP contribution in [0.5, 0.6) is 5.75 Å². The third-order valence-corrected chi connectivity index (χ3v) is 6.14. The summed E-state index contributed by atoms with van der Waals surface area (Å²) < 4.78 is 15.3. The van der Waals surface area contributed by atoms with Crippen LogP contribution in [0.4, 0.5) is 10.1 Å². The fourth-order valence-corrected chi connectivity index (χ4v) is 3.84. The van der Waals surface area contributed by atoms with Crippen LogP contribution in [0.2, 0.25) is 0 Å². The maximum atomic E-state index is 13.9. The average molecular weight is 490 g/mol. The maximum absolute atomic E-state index is 13.9. The lowest BCUT2D eigenvalue weighted by Gasteiger charge is -2.34. The number of carbonyl (C=O) groups excluding carboxylic acids is 2. The van der Waals surface area contributed by atoms with Crippen molar-refractivity contribution in [3.63, 3.8) is 0 Å². The first kappa shape index (κ1) is 24.8. The van der Waals surface area contributed by atoms with Gasteiger partial charge in [-0.2, -0.15) is 0 Å². The molecule has 0 aliphatic heterocycles. The summed E-state index contributed by atoms with van der Waals surface area (Å²) in [5, 5.41) is 21.1. The zero-order valence-corrected chi connectivity index (χ0v) is 20.4. The van der Waals surface area contributed by atoms with Gasteiger partial charge in [0.15, 0.2) is 0 Å². The predicted molar refractivity (Wildman–Crippen MR) is 135 cm³/mol. The highest BCUT2D eigenvalue weighted by molar-refractivity contribution is 6.01. The zero-order chi connectivity index (χ0) is 25.9. The molecule has 8 nitrogen and oxygen atoms in total. The minimum Gasteiger partial charge on any atom is -0.508 e. The Morgan fingerprint density at radius 2 is 1.72 bits per heavy atom. The summed E-state index contributed by atoms with van der Waals surface area (Å²) in [6, 6.07) is 17.6. The van der Waals surface area contributed by atoms with Gasteiger partial charge in [-0.05, 0) is 74.4 Å². The molecule has 1 atom stereocenters. The van der Waals surface area contributed by atoms with Crippen LogP contribution < -0.4 is 10.2 Å². The molecule has 0 fully saturated rings. The Hall–Kier alpha value is -4.27. The van der Waals surface area contributed by atoms with Crippen molar-refractivity contribution in [2.45, 2.75) is 45.3 Å². The van der Waals surface area contributed by atoms with Crippen molar-refractivity contribution >= 4 is 28.5 Å². The van der Waals surface area contributed by atoms with Crippen molar-refractivity contribution in [1.29, 1.82) is 0 Å². The molecule has 4 aromatic rings. The monoisotopic (exact) mass is 489 g/mol. The molecule has 1 aromatic heterocycles. The summed E-state index contributed by atoms with van der Waals surface area (Å²) in [5.41, 5.74) is 1.59. The van der Waals surface area contributed by atoms with E-state index in [4.69, 9.17) is 0 Å². The first-order chi connectivity index (χ1) is 17.2. The number of carbonyl (C=O) groups is 2. The first-order valence-corrected chi connectivity index (χ1v) is 11.7. The van der Waals surface area contributed by atoms with Crippen LogP contribution in [0.15, 0.2) is 72.8 Å². The van der Waals surface area contributed by atoms with E-state index in [1.54, 1.807) is 24.3 Å². The summed E-state index contributed by atoms with van der Waals surface area (Å²) >= 11 is 0. The molecule has 4 rings (SSSR count). The van der Waals surface area contributed by atoms with Gasteiger partial charge in [0.2, 0.25) is 11.8 Å². The summed E-state index contributed by atoms with van der Waals surface area (Å²) in [7, 11) is 0. The van der Waals surface area contributed by atoms with Gasteiger partial charge in [-0.1, -0.05) is 36.4 Å². The van der Waals surface area contributed by atoms with E-state index in [-0.39, 0.29) is 12.3 Å². The van der Waals surface area contributed by atoms with E-state index in [2.05, 4.69) is 15.6 Å². The number of rotatable bonds is 8. The number of halogens is 1. The Morgan fingerprint density at radius 1 is 1.06 bits per heavy atom. The van der Waals surface area contributed by atoms with Crippen LogP contribution in [0.1, 0.15) is 38.8 Å². The topological polar surface area (TPSA) is 100 Å². The second-order valence-electron chi connectivity index (χ2n) is 9.20. The molecule has 0 bridgehead atoms. The van der Waals surface area contributed by atoms with Crippen LogP contribution in [-0.2, 0) is 16.1 Å². The zero-order valence-electron chi connectivity index (χ0n) is 20.4. The van der Waals surface area contributed by atoms with E-state index in [1.807, 2.05) is 32.9 Å². The lowest BCUT2D eigenvalue weighted by molar-refractivity contribution is -0.128. The SMILES string of the molecule is CCC(C)(C)NC(=O)[C@@H](c1ccc(O)cc1)N(C(=O)Cn1nnc2ccccc21)c1ccc(F)cc1. The molecule has 0 radical (unpaired) electrons. The van der Waals surface area contributed by atoms with Crippen molar-refractivity contribution in [2.24, 2.45) is 0 Å². The number of phenols is 1. The third-order valence-electron chi connectivity index (χ3n) is 6.14. The van der Waals surface area contributed by atoms with Crippen molar-refractivity contribution in [1.82, 2.24) is 20.3 Å². The van der Waals surface area contributed by atoms with E-state index in [0.29, 0.717) is 28.7 Å². The van der Waals surface area contributed by atoms with Gasteiger partial charge in [0.25, 0.3) is 0 Å². The minimum absolute atomic E-state index is 0.0283. The lowest BCUT2D eigenvalue weighted by atomic mass is 9.98. The van der Waals surface area contributed by atoms with Gasteiger partial charge in [0.05, 0.1) is 5.52 Å². The van der Waals surface area contributed by atoms with Crippen molar-refractivity contribution in [2.75, 3.05) is 4.90 Å². The Morgan fingerprint density at radius 3 is 2.39 bits per heavy atom. The number of anilines is 1. The molecule has 0 saturated heterocycles. The highest BCUT2D eigenvalue weighted by Gasteiger charge is 2.35. The normalized spacial score (nSPS) is 12.3. The van der Waals surface area contributed by atoms with Gasteiger partial charge < -0.3 is 10.4 Å². The number of nitrogens with zero attached hydrogens (tertiary/aromatic N) is 4.